The maximum Gasteiger partial charge on any atom is 0.290 e. The molecule has 0 rings (SSSR count). The van der Waals surface area contributed by atoms with Crippen LogP contribution in [-0.4, -0.2) is 14.2 Å². The summed E-state index contributed by atoms with van der Waals surface area (Å²) in [7, 11) is -2.05. The van der Waals surface area contributed by atoms with Gasteiger partial charge >= 0.3 is 0 Å². The van der Waals surface area contributed by atoms with Crippen LogP contribution in [-0.2, 0) is 4.43 Å². The molecule has 0 aliphatic heterocycles. The zero-order valence-electron chi connectivity index (χ0n) is 27.6. The second-order valence-electron chi connectivity index (χ2n) is 12.8. The van der Waals surface area contributed by atoms with Crippen molar-refractivity contribution in [2.24, 2.45) is 0 Å². The van der Waals surface area contributed by atoms with E-state index in [0.29, 0.717) is 0 Å². The fourth-order valence-electron chi connectivity index (χ4n) is 5.87. The summed E-state index contributed by atoms with van der Waals surface area (Å²) in [5, 5.41) is 0. The summed E-state index contributed by atoms with van der Waals surface area (Å²) in [6, 6.07) is 2.36. The minimum Gasteiger partial charge on any atom is -0.403 e. The summed E-state index contributed by atoms with van der Waals surface area (Å²) in [6.07, 6.45) is 41.8. The van der Waals surface area contributed by atoms with Crippen molar-refractivity contribution in [3.05, 3.63) is 0 Å². The van der Waals surface area contributed by atoms with Crippen LogP contribution in [0.2, 0.25) is 12.1 Å². The van der Waals surface area contributed by atoms with Crippen LogP contribution in [0.3, 0.4) is 0 Å². The maximum absolute atomic E-state index is 7.30. The van der Waals surface area contributed by atoms with E-state index >= 15 is 0 Å². The van der Waals surface area contributed by atoms with E-state index in [1.54, 1.807) is 0 Å². The summed E-state index contributed by atoms with van der Waals surface area (Å²) in [4.78, 5) is 0. The highest BCUT2D eigenvalue weighted by molar-refractivity contribution is 7.16. The van der Waals surface area contributed by atoms with Gasteiger partial charge in [0, 0.05) is 6.61 Å². The molecule has 0 saturated heterocycles. The fraction of sp³-hybridized carbons (Fsp3) is 1.00. The van der Waals surface area contributed by atoms with Gasteiger partial charge in [0.2, 0.25) is 0 Å². The molecule has 0 spiro atoms. The van der Waals surface area contributed by atoms with Crippen LogP contribution in [0.1, 0.15) is 213 Å². The number of halogens is 1. The minimum absolute atomic E-state index is 0.918. The molecular formula is C36H75ClOSi. The molecule has 0 aromatic rings. The first kappa shape index (κ1) is 39.5. The van der Waals surface area contributed by atoms with E-state index < -0.39 is 7.63 Å². The molecule has 0 saturated carbocycles. The quantitative estimate of drug-likeness (QED) is 0.0413. The first-order valence-corrected chi connectivity index (χ1v) is 21.8. The highest BCUT2D eigenvalue weighted by Gasteiger charge is 2.31. The lowest BCUT2D eigenvalue weighted by atomic mass is 10.1. The van der Waals surface area contributed by atoms with Crippen molar-refractivity contribution in [2.75, 3.05) is 6.61 Å². The SMILES string of the molecule is CCCCCCCCCCCCO[Si](Cl)(CCCCCCCCCCCC)CCCCCCCCCCCC. The van der Waals surface area contributed by atoms with Gasteiger partial charge in [-0.15, -0.1) is 11.1 Å². The van der Waals surface area contributed by atoms with Crippen molar-refractivity contribution >= 4 is 18.7 Å². The molecule has 3 heteroatoms. The molecule has 0 aliphatic carbocycles. The molecule has 0 atom stereocenters. The van der Waals surface area contributed by atoms with Gasteiger partial charge in [-0.05, 0) is 18.5 Å². The molecule has 0 aromatic heterocycles. The highest BCUT2D eigenvalue weighted by atomic mass is 35.6. The van der Waals surface area contributed by atoms with Crippen molar-refractivity contribution in [1.82, 2.24) is 0 Å². The van der Waals surface area contributed by atoms with E-state index in [1.165, 1.54) is 205 Å². The summed E-state index contributed by atoms with van der Waals surface area (Å²) < 4.78 is 6.57. The van der Waals surface area contributed by atoms with E-state index in [0.717, 1.165) is 6.61 Å². The third-order valence-corrected chi connectivity index (χ3v) is 13.0. The summed E-state index contributed by atoms with van der Waals surface area (Å²) in [5.74, 6) is 0. The van der Waals surface area contributed by atoms with Gasteiger partial charge in [-0.25, -0.2) is 0 Å². The monoisotopic (exact) mass is 587 g/mol. The van der Waals surface area contributed by atoms with E-state index in [9.17, 15) is 0 Å². The fourth-order valence-corrected chi connectivity index (χ4v) is 9.50. The second-order valence-corrected chi connectivity index (χ2v) is 17.9. The largest absolute Gasteiger partial charge is 0.403 e. The molecule has 0 amide bonds. The zero-order valence-corrected chi connectivity index (χ0v) is 29.4. The van der Waals surface area contributed by atoms with E-state index in [4.69, 9.17) is 15.5 Å². The number of rotatable bonds is 34. The lowest BCUT2D eigenvalue weighted by molar-refractivity contribution is 0.296. The molecule has 236 valence electrons. The lowest BCUT2D eigenvalue weighted by Gasteiger charge is -2.25. The molecule has 0 heterocycles. The second kappa shape index (κ2) is 33.0. The molecule has 0 radical (unpaired) electrons. The number of hydrogen-bond donors (Lipinski definition) is 0. The van der Waals surface area contributed by atoms with Crippen molar-refractivity contribution in [3.8, 4) is 0 Å². The van der Waals surface area contributed by atoms with Crippen LogP contribution in [0.4, 0.5) is 0 Å². The Morgan fingerprint density at radius 1 is 0.333 bits per heavy atom. The van der Waals surface area contributed by atoms with E-state index in [-0.39, 0.29) is 0 Å². The normalized spacial score (nSPS) is 12.0. The lowest BCUT2D eigenvalue weighted by Crippen LogP contribution is -2.32. The van der Waals surface area contributed by atoms with Crippen molar-refractivity contribution in [3.63, 3.8) is 0 Å². The predicted octanol–water partition coefficient (Wildman–Crippen LogP) is 14.4. The Morgan fingerprint density at radius 2 is 0.564 bits per heavy atom. The van der Waals surface area contributed by atoms with Crippen LogP contribution >= 0.6 is 11.1 Å². The van der Waals surface area contributed by atoms with Crippen LogP contribution in [0, 0.1) is 0 Å². The summed E-state index contributed by atoms with van der Waals surface area (Å²) >= 11 is 7.30. The van der Waals surface area contributed by atoms with Gasteiger partial charge < -0.3 is 4.43 Å². The van der Waals surface area contributed by atoms with Crippen LogP contribution < -0.4 is 0 Å². The Labute approximate surface area is 254 Å². The van der Waals surface area contributed by atoms with Gasteiger partial charge in [-0.2, -0.15) is 0 Å². The third kappa shape index (κ3) is 31.2. The minimum atomic E-state index is -2.05. The molecule has 0 unspecified atom stereocenters. The average Bonchev–Trinajstić information content (AvgIpc) is 2.94. The third-order valence-electron chi connectivity index (χ3n) is 8.67. The first-order valence-electron chi connectivity index (χ1n) is 18.5. The van der Waals surface area contributed by atoms with Gasteiger partial charge in [0.25, 0.3) is 7.63 Å². The van der Waals surface area contributed by atoms with Gasteiger partial charge in [-0.3, -0.25) is 0 Å². The average molecular weight is 588 g/mol. The standard InChI is InChI=1S/C36H75ClOSi/c1-4-7-10-13-16-19-22-25-28-31-34-38-39(37,35-32-29-26-23-20-17-14-11-8-5-2)36-33-30-27-24-21-18-15-12-9-6-3/h4-36H2,1-3H3. The molecule has 0 N–H and O–H groups in total. The van der Waals surface area contributed by atoms with Crippen molar-refractivity contribution in [1.29, 1.82) is 0 Å². The predicted molar refractivity (Wildman–Crippen MR) is 183 cm³/mol. The number of hydrogen-bond acceptors (Lipinski definition) is 1. The molecule has 39 heavy (non-hydrogen) atoms. The molecular weight excluding hydrogens is 512 g/mol. The van der Waals surface area contributed by atoms with E-state index in [2.05, 4.69) is 20.8 Å². The molecule has 0 aromatic carbocycles. The number of unbranched alkanes of at least 4 members (excludes halogenated alkanes) is 27. The Bertz CT molecular complexity index is 420. The summed E-state index contributed by atoms with van der Waals surface area (Å²) in [6.45, 7) is 7.83. The van der Waals surface area contributed by atoms with Crippen LogP contribution in [0.25, 0.3) is 0 Å². The smallest absolute Gasteiger partial charge is 0.290 e. The van der Waals surface area contributed by atoms with Crippen molar-refractivity contribution < 1.29 is 4.43 Å². The highest BCUT2D eigenvalue weighted by Crippen LogP contribution is 2.29. The Balaban J connectivity index is 4.05. The van der Waals surface area contributed by atoms with Crippen LogP contribution in [0.5, 0.6) is 0 Å². The molecule has 1 nitrogen and oxygen atoms in total. The Hall–Kier alpha value is 0.467. The maximum atomic E-state index is 7.30. The van der Waals surface area contributed by atoms with E-state index in [1.807, 2.05) is 0 Å². The van der Waals surface area contributed by atoms with Crippen molar-refractivity contribution in [2.45, 2.75) is 225 Å². The summed E-state index contributed by atoms with van der Waals surface area (Å²) in [5.41, 5.74) is 0. The Morgan fingerprint density at radius 3 is 0.846 bits per heavy atom. The van der Waals surface area contributed by atoms with Gasteiger partial charge in [0.15, 0.2) is 0 Å². The van der Waals surface area contributed by atoms with Crippen LogP contribution in [0.15, 0.2) is 0 Å². The van der Waals surface area contributed by atoms with Gasteiger partial charge in [-0.1, -0.05) is 207 Å². The molecule has 0 fully saturated rings. The topological polar surface area (TPSA) is 9.23 Å². The first-order chi connectivity index (χ1) is 19.2. The molecule has 0 bridgehead atoms. The Kier molecular flexibility index (Phi) is 33.4. The zero-order chi connectivity index (χ0) is 28.5. The van der Waals surface area contributed by atoms with Gasteiger partial charge in [0.05, 0.1) is 0 Å². The molecule has 0 aliphatic rings. The van der Waals surface area contributed by atoms with Gasteiger partial charge in [0.1, 0.15) is 0 Å².